The zero-order chi connectivity index (χ0) is 18.7. The third-order valence-corrected chi connectivity index (χ3v) is 3.50. The van der Waals surface area contributed by atoms with Crippen molar-refractivity contribution in [1.82, 2.24) is 15.5 Å². The number of amides is 1. The van der Waals surface area contributed by atoms with Crippen LogP contribution in [-0.4, -0.2) is 56.6 Å². The minimum absolute atomic E-state index is 0. The number of ether oxygens (including phenoxy) is 1. The molecule has 0 aliphatic heterocycles. The predicted octanol–water partition coefficient (Wildman–Crippen LogP) is 2.63. The molecule has 0 aliphatic carbocycles. The summed E-state index contributed by atoms with van der Waals surface area (Å²) in [6, 6.07) is 6.35. The lowest BCUT2D eigenvalue weighted by molar-refractivity contribution is -0.127. The Hall–Kier alpha value is -1.58. The van der Waals surface area contributed by atoms with Crippen LogP contribution in [0.1, 0.15) is 26.7 Å². The molecule has 148 valence electrons. The van der Waals surface area contributed by atoms with E-state index in [1.807, 2.05) is 13.8 Å². The summed E-state index contributed by atoms with van der Waals surface area (Å²) in [5.74, 6) is 0.328. The number of hydrogen-bond acceptors (Lipinski definition) is 3. The van der Waals surface area contributed by atoms with Crippen molar-refractivity contribution in [2.45, 2.75) is 32.8 Å². The molecule has 0 aliphatic rings. The molecule has 1 unspecified atom stereocenters. The van der Waals surface area contributed by atoms with Crippen LogP contribution in [0.15, 0.2) is 29.3 Å². The van der Waals surface area contributed by atoms with Gasteiger partial charge in [0.2, 0.25) is 5.91 Å². The normalized spacial score (nSPS) is 12.0. The molecule has 2 N–H and O–H groups in total. The third kappa shape index (κ3) is 9.21. The molecule has 0 saturated heterocycles. The number of benzene rings is 1. The first-order valence-electron chi connectivity index (χ1n) is 8.61. The molecule has 0 bridgehead atoms. The summed E-state index contributed by atoms with van der Waals surface area (Å²) in [6.07, 6.45) is 1.43. The second-order valence-corrected chi connectivity index (χ2v) is 5.84. The van der Waals surface area contributed by atoms with Crippen LogP contribution in [0, 0.1) is 5.82 Å². The summed E-state index contributed by atoms with van der Waals surface area (Å²) in [4.78, 5) is 17.5. The van der Waals surface area contributed by atoms with Gasteiger partial charge in [0.05, 0.1) is 6.54 Å². The minimum atomic E-state index is -0.379. The standard InChI is InChI=1S/C18H29FN4O2.HI/c1-5-11-20-18(22-13-17(24)23(3)4)21-12-14(6-2)25-16-10-8-7-9-15(16)19;/h7-10,14H,5-6,11-13H2,1-4H3,(H2,20,21,22);1H. The van der Waals surface area contributed by atoms with Crippen LogP contribution in [0.3, 0.4) is 0 Å². The number of likely N-dealkylation sites (N-methyl/N-ethyl adjacent to an activating group) is 1. The van der Waals surface area contributed by atoms with E-state index < -0.39 is 0 Å². The predicted molar refractivity (Wildman–Crippen MR) is 114 cm³/mol. The average molecular weight is 480 g/mol. The molecule has 1 amide bonds. The Bertz CT molecular complexity index is 570. The molecule has 0 radical (unpaired) electrons. The van der Waals surface area contributed by atoms with Gasteiger partial charge in [-0.3, -0.25) is 4.79 Å². The van der Waals surface area contributed by atoms with Crippen molar-refractivity contribution in [2.75, 3.05) is 33.7 Å². The number of hydrogen-bond donors (Lipinski definition) is 2. The topological polar surface area (TPSA) is 66.0 Å². The van der Waals surface area contributed by atoms with E-state index in [0.717, 1.165) is 13.0 Å². The zero-order valence-electron chi connectivity index (χ0n) is 15.9. The molecule has 8 heteroatoms. The number of nitrogens with zero attached hydrogens (tertiary/aromatic N) is 2. The van der Waals surface area contributed by atoms with Gasteiger partial charge in [0.1, 0.15) is 12.6 Å². The monoisotopic (exact) mass is 480 g/mol. The molecule has 0 aromatic heterocycles. The summed E-state index contributed by atoms with van der Waals surface area (Å²) < 4.78 is 19.4. The molecule has 1 rings (SSSR count). The number of carbonyl (C=O) groups excluding carboxylic acids is 1. The second-order valence-electron chi connectivity index (χ2n) is 5.84. The lowest BCUT2D eigenvalue weighted by Gasteiger charge is -2.20. The van der Waals surface area contributed by atoms with Crippen LogP contribution in [0.4, 0.5) is 4.39 Å². The van der Waals surface area contributed by atoms with E-state index in [1.165, 1.54) is 11.0 Å². The highest BCUT2D eigenvalue weighted by Gasteiger charge is 2.12. The number of guanidine groups is 1. The molecule has 26 heavy (non-hydrogen) atoms. The maximum Gasteiger partial charge on any atom is 0.243 e. The second kappa shape index (κ2) is 13.6. The van der Waals surface area contributed by atoms with E-state index in [-0.39, 0.29) is 54.1 Å². The number of para-hydroxylation sites is 1. The van der Waals surface area contributed by atoms with Crippen molar-refractivity contribution < 1.29 is 13.9 Å². The Morgan fingerprint density at radius 2 is 1.96 bits per heavy atom. The maximum atomic E-state index is 13.7. The van der Waals surface area contributed by atoms with E-state index in [9.17, 15) is 9.18 Å². The first-order valence-corrected chi connectivity index (χ1v) is 8.61. The van der Waals surface area contributed by atoms with Crippen LogP contribution in [0.25, 0.3) is 0 Å². The average Bonchev–Trinajstić information content (AvgIpc) is 2.60. The van der Waals surface area contributed by atoms with Gasteiger partial charge in [-0.25, -0.2) is 9.38 Å². The minimum Gasteiger partial charge on any atom is -0.486 e. The largest absolute Gasteiger partial charge is 0.486 e. The lowest BCUT2D eigenvalue weighted by Crippen LogP contribution is -2.43. The van der Waals surface area contributed by atoms with Gasteiger partial charge in [0.15, 0.2) is 17.5 Å². The van der Waals surface area contributed by atoms with Crippen molar-refractivity contribution in [2.24, 2.45) is 4.99 Å². The number of halogens is 2. The van der Waals surface area contributed by atoms with E-state index >= 15 is 0 Å². The van der Waals surface area contributed by atoms with E-state index in [2.05, 4.69) is 15.6 Å². The Labute approximate surface area is 172 Å². The molecule has 1 atom stereocenters. The Kier molecular flexibility index (Phi) is 12.8. The highest BCUT2D eigenvalue weighted by Crippen LogP contribution is 2.17. The lowest BCUT2D eigenvalue weighted by atomic mass is 10.2. The molecule has 0 fully saturated rings. The number of carbonyl (C=O) groups is 1. The fourth-order valence-electron chi connectivity index (χ4n) is 1.91. The molecule has 0 spiro atoms. The van der Waals surface area contributed by atoms with Crippen LogP contribution in [-0.2, 0) is 4.79 Å². The zero-order valence-corrected chi connectivity index (χ0v) is 18.2. The fourth-order valence-corrected chi connectivity index (χ4v) is 1.91. The Morgan fingerprint density at radius 1 is 1.27 bits per heavy atom. The summed E-state index contributed by atoms with van der Waals surface area (Å²) >= 11 is 0. The van der Waals surface area contributed by atoms with Gasteiger partial charge < -0.3 is 20.3 Å². The van der Waals surface area contributed by atoms with Gasteiger partial charge in [-0.05, 0) is 25.0 Å². The quantitative estimate of drug-likeness (QED) is 0.324. The molecular weight excluding hydrogens is 450 g/mol. The highest BCUT2D eigenvalue weighted by molar-refractivity contribution is 14.0. The van der Waals surface area contributed by atoms with Crippen molar-refractivity contribution in [3.8, 4) is 5.75 Å². The first-order chi connectivity index (χ1) is 12.0. The summed E-state index contributed by atoms with van der Waals surface area (Å²) in [5.41, 5.74) is 0. The van der Waals surface area contributed by atoms with Crippen LogP contribution in [0.5, 0.6) is 5.75 Å². The molecule has 1 aromatic carbocycles. The van der Waals surface area contributed by atoms with Gasteiger partial charge in [-0.15, -0.1) is 24.0 Å². The molecule has 0 saturated carbocycles. The van der Waals surface area contributed by atoms with Gasteiger partial charge in [0, 0.05) is 20.6 Å². The van der Waals surface area contributed by atoms with Crippen molar-refractivity contribution >= 4 is 35.8 Å². The SMILES string of the molecule is CCCNC(=NCC(=O)N(C)C)NCC(CC)Oc1ccccc1F.I. The highest BCUT2D eigenvalue weighted by atomic mass is 127. The van der Waals surface area contributed by atoms with E-state index in [0.29, 0.717) is 18.9 Å². The van der Waals surface area contributed by atoms with Crippen molar-refractivity contribution in [3.05, 3.63) is 30.1 Å². The number of aliphatic imine (C=N–C) groups is 1. The Morgan fingerprint density at radius 3 is 2.54 bits per heavy atom. The van der Waals surface area contributed by atoms with Gasteiger partial charge >= 0.3 is 0 Å². The van der Waals surface area contributed by atoms with Gasteiger partial charge in [-0.1, -0.05) is 26.0 Å². The Balaban J connectivity index is 0.00000625. The summed E-state index contributed by atoms with van der Waals surface area (Å²) in [7, 11) is 3.39. The summed E-state index contributed by atoms with van der Waals surface area (Å²) in [6.45, 7) is 5.28. The molecular formula is C18H30FIN4O2. The fraction of sp³-hybridized carbons (Fsp3) is 0.556. The number of rotatable bonds is 9. The van der Waals surface area contributed by atoms with E-state index in [1.54, 1.807) is 32.3 Å². The van der Waals surface area contributed by atoms with Gasteiger partial charge in [-0.2, -0.15) is 0 Å². The maximum absolute atomic E-state index is 13.7. The molecule has 0 heterocycles. The third-order valence-electron chi connectivity index (χ3n) is 3.50. The van der Waals surface area contributed by atoms with Crippen LogP contribution in [0.2, 0.25) is 0 Å². The number of nitrogens with one attached hydrogen (secondary N) is 2. The molecule has 6 nitrogen and oxygen atoms in total. The van der Waals surface area contributed by atoms with Crippen molar-refractivity contribution in [3.63, 3.8) is 0 Å². The van der Waals surface area contributed by atoms with Crippen LogP contribution < -0.4 is 15.4 Å². The van der Waals surface area contributed by atoms with E-state index in [4.69, 9.17) is 4.74 Å². The smallest absolute Gasteiger partial charge is 0.243 e. The molecule has 1 aromatic rings. The summed E-state index contributed by atoms with van der Waals surface area (Å²) in [5, 5.41) is 6.32. The first kappa shape index (κ1) is 24.4. The van der Waals surface area contributed by atoms with Crippen molar-refractivity contribution in [1.29, 1.82) is 0 Å². The van der Waals surface area contributed by atoms with Gasteiger partial charge in [0.25, 0.3) is 0 Å². The van der Waals surface area contributed by atoms with Crippen LogP contribution >= 0.6 is 24.0 Å².